The van der Waals surface area contributed by atoms with Crippen LogP contribution in [0, 0.1) is 0 Å². The minimum atomic E-state index is -4.63. The Morgan fingerprint density at radius 2 is 1.17 bits per heavy atom. The van der Waals surface area contributed by atoms with E-state index in [4.69, 9.17) is 0 Å². The fourth-order valence-corrected chi connectivity index (χ4v) is 3.75. The van der Waals surface area contributed by atoms with Gasteiger partial charge in [-0.2, -0.15) is 26.3 Å². The fraction of sp³-hybridized carbons (Fsp3) is 0.222. The van der Waals surface area contributed by atoms with Crippen LogP contribution in [0.2, 0.25) is 0 Å². The van der Waals surface area contributed by atoms with Crippen LogP contribution in [0.1, 0.15) is 11.1 Å². The van der Waals surface area contributed by atoms with Crippen LogP contribution in [-0.4, -0.2) is 26.5 Å². The zero-order valence-electron chi connectivity index (χ0n) is 14.7. The highest BCUT2D eigenvalue weighted by molar-refractivity contribution is 9.10. The molecule has 4 nitrogen and oxygen atoms in total. The van der Waals surface area contributed by atoms with Gasteiger partial charge in [0.15, 0.2) is 11.6 Å². The second-order valence-corrected chi connectivity index (χ2v) is 7.82. The smallest absolute Gasteiger partial charge is 0.395 e. The number of hydrogen-bond donors (Lipinski definition) is 1. The lowest BCUT2D eigenvalue weighted by atomic mass is 10.1. The second kappa shape index (κ2) is 8.31. The number of benzene rings is 2. The van der Waals surface area contributed by atoms with Gasteiger partial charge in [-0.1, -0.05) is 44.0 Å². The molecule has 160 valence electrons. The predicted octanol–water partition coefficient (Wildman–Crippen LogP) is 6.17. The lowest BCUT2D eigenvalue weighted by Gasteiger charge is -2.14. The number of alkyl halides is 6. The van der Waals surface area contributed by atoms with E-state index in [9.17, 15) is 31.4 Å². The van der Waals surface area contributed by atoms with Crippen molar-refractivity contribution in [3.05, 3.63) is 56.5 Å². The molecule has 0 saturated heterocycles. The molecule has 0 aliphatic carbocycles. The van der Waals surface area contributed by atoms with Crippen molar-refractivity contribution in [1.82, 2.24) is 14.8 Å². The van der Waals surface area contributed by atoms with Crippen LogP contribution in [-0.2, 0) is 18.9 Å². The summed E-state index contributed by atoms with van der Waals surface area (Å²) in [7, 11) is 0. The van der Waals surface area contributed by atoms with E-state index in [0.717, 1.165) is 12.1 Å². The molecule has 1 heterocycles. The van der Waals surface area contributed by atoms with Gasteiger partial charge in [-0.05, 0) is 24.3 Å². The maximum Gasteiger partial charge on any atom is 0.417 e. The molecule has 3 rings (SSSR count). The number of nitrogens with zero attached hydrogens (tertiary/aromatic N) is 3. The summed E-state index contributed by atoms with van der Waals surface area (Å²) in [5.41, 5.74) is -1.79. The Kier molecular flexibility index (Phi) is 6.30. The van der Waals surface area contributed by atoms with Crippen molar-refractivity contribution in [1.29, 1.82) is 0 Å². The van der Waals surface area contributed by atoms with Crippen LogP contribution in [0.5, 0.6) is 0 Å². The third-order valence-corrected chi connectivity index (χ3v) is 5.52. The summed E-state index contributed by atoms with van der Waals surface area (Å²) in [5, 5.41) is 17.1. The van der Waals surface area contributed by atoms with Gasteiger partial charge in [0, 0.05) is 26.6 Å². The molecular weight excluding hydrogens is 548 g/mol. The van der Waals surface area contributed by atoms with E-state index >= 15 is 0 Å². The van der Waals surface area contributed by atoms with Gasteiger partial charge in [0.2, 0.25) is 0 Å². The molecule has 30 heavy (non-hydrogen) atoms. The molecule has 3 aromatic rings. The van der Waals surface area contributed by atoms with E-state index in [1.807, 2.05) is 0 Å². The van der Waals surface area contributed by atoms with Gasteiger partial charge in [0.05, 0.1) is 17.7 Å². The molecule has 2 aromatic carbocycles. The first-order valence-electron chi connectivity index (χ1n) is 8.21. The first-order valence-corrected chi connectivity index (χ1v) is 9.80. The lowest BCUT2D eigenvalue weighted by Crippen LogP contribution is -2.10. The van der Waals surface area contributed by atoms with Crippen molar-refractivity contribution in [2.75, 3.05) is 6.61 Å². The number of aliphatic hydroxyl groups excluding tert-OH is 1. The van der Waals surface area contributed by atoms with Gasteiger partial charge in [-0.25, -0.2) is 0 Å². The van der Waals surface area contributed by atoms with Crippen LogP contribution in [0.4, 0.5) is 26.3 Å². The zero-order valence-corrected chi connectivity index (χ0v) is 17.9. The van der Waals surface area contributed by atoms with Crippen molar-refractivity contribution in [3.63, 3.8) is 0 Å². The SMILES string of the molecule is OCCn1c(-c2ccc(Br)c(C(F)(F)F)c2)nnc1-c1ccc(Br)c(C(F)(F)F)c1. The van der Waals surface area contributed by atoms with Gasteiger partial charge < -0.3 is 9.67 Å². The highest BCUT2D eigenvalue weighted by Crippen LogP contribution is 2.39. The normalized spacial score (nSPS) is 12.4. The van der Waals surface area contributed by atoms with E-state index in [1.54, 1.807) is 0 Å². The number of halogens is 8. The maximum absolute atomic E-state index is 13.2. The zero-order chi connectivity index (χ0) is 22.3. The molecule has 0 fully saturated rings. The Balaban J connectivity index is 2.17. The fourth-order valence-electron chi connectivity index (χ4n) is 2.81. The highest BCUT2D eigenvalue weighted by atomic mass is 79.9. The Labute approximate surface area is 182 Å². The molecule has 12 heteroatoms. The molecule has 1 N–H and O–H groups in total. The lowest BCUT2D eigenvalue weighted by molar-refractivity contribution is -0.139. The van der Waals surface area contributed by atoms with E-state index < -0.39 is 30.1 Å². The van der Waals surface area contributed by atoms with E-state index in [2.05, 4.69) is 42.1 Å². The average molecular weight is 559 g/mol. The molecule has 0 aliphatic rings. The first-order chi connectivity index (χ1) is 13.9. The maximum atomic E-state index is 13.2. The summed E-state index contributed by atoms with van der Waals surface area (Å²) in [4.78, 5) is 0. The molecule has 0 spiro atoms. The van der Waals surface area contributed by atoms with E-state index in [1.165, 1.54) is 28.8 Å². The van der Waals surface area contributed by atoms with Crippen molar-refractivity contribution >= 4 is 31.9 Å². The Morgan fingerprint density at radius 3 is 1.50 bits per heavy atom. The Bertz CT molecular complexity index is 998. The molecule has 0 unspecified atom stereocenters. The third kappa shape index (κ3) is 4.54. The first kappa shape index (κ1) is 22.8. The molecule has 0 amide bonds. The summed E-state index contributed by atoms with van der Waals surface area (Å²) in [6.07, 6.45) is -9.26. The minimum absolute atomic E-state index is 0.0199. The molecule has 0 atom stereocenters. The summed E-state index contributed by atoms with van der Waals surface area (Å²) in [5.74, 6) is -0.0398. The molecular formula is C18H11Br2F6N3O. The summed E-state index contributed by atoms with van der Waals surface area (Å²) in [6, 6.07) is 6.82. The van der Waals surface area contributed by atoms with Crippen LogP contribution >= 0.6 is 31.9 Å². The predicted molar refractivity (Wildman–Crippen MR) is 103 cm³/mol. The summed E-state index contributed by atoms with van der Waals surface area (Å²) in [6.45, 7) is -0.560. The molecule has 0 radical (unpaired) electrons. The largest absolute Gasteiger partial charge is 0.417 e. The van der Waals surface area contributed by atoms with Gasteiger partial charge >= 0.3 is 12.4 Å². The van der Waals surface area contributed by atoms with Crippen LogP contribution in [0.3, 0.4) is 0 Å². The highest BCUT2D eigenvalue weighted by Gasteiger charge is 2.35. The number of aliphatic hydroxyl groups is 1. The van der Waals surface area contributed by atoms with Gasteiger partial charge in [0.25, 0.3) is 0 Å². The van der Waals surface area contributed by atoms with Crippen LogP contribution < -0.4 is 0 Å². The van der Waals surface area contributed by atoms with E-state index in [0.29, 0.717) is 0 Å². The number of aromatic nitrogens is 3. The molecule has 0 aliphatic heterocycles. The van der Waals surface area contributed by atoms with Crippen LogP contribution in [0.15, 0.2) is 45.3 Å². The van der Waals surface area contributed by atoms with E-state index in [-0.39, 0.29) is 38.3 Å². The standard InChI is InChI=1S/C18H11Br2F6N3O/c19-13-3-1-9(7-11(13)17(21,22)23)15-27-28-16(29(15)5-6-30)10-2-4-14(20)12(8-10)18(24,25)26/h1-4,7-8,30H,5-6H2. The third-order valence-electron chi connectivity index (χ3n) is 4.13. The number of rotatable bonds is 4. The van der Waals surface area contributed by atoms with Crippen LogP contribution in [0.25, 0.3) is 22.8 Å². The van der Waals surface area contributed by atoms with Crippen molar-refractivity contribution in [2.24, 2.45) is 0 Å². The Morgan fingerprint density at radius 1 is 0.767 bits per heavy atom. The van der Waals surface area contributed by atoms with Gasteiger partial charge in [-0.15, -0.1) is 10.2 Å². The summed E-state index contributed by atoms with van der Waals surface area (Å²) < 4.78 is 80.3. The second-order valence-electron chi connectivity index (χ2n) is 6.11. The summed E-state index contributed by atoms with van der Waals surface area (Å²) >= 11 is 5.70. The monoisotopic (exact) mass is 557 g/mol. The quantitative estimate of drug-likeness (QED) is 0.390. The molecule has 1 aromatic heterocycles. The molecule has 0 saturated carbocycles. The minimum Gasteiger partial charge on any atom is -0.395 e. The Hall–Kier alpha value is -1.92. The molecule has 0 bridgehead atoms. The topological polar surface area (TPSA) is 50.9 Å². The average Bonchev–Trinajstić information content (AvgIpc) is 3.04. The van der Waals surface area contributed by atoms with Crippen molar-refractivity contribution in [3.8, 4) is 22.8 Å². The van der Waals surface area contributed by atoms with Crippen molar-refractivity contribution < 1.29 is 31.4 Å². The van der Waals surface area contributed by atoms with Gasteiger partial charge in [-0.3, -0.25) is 0 Å². The van der Waals surface area contributed by atoms with Gasteiger partial charge in [0.1, 0.15) is 0 Å². The van der Waals surface area contributed by atoms with Crippen molar-refractivity contribution in [2.45, 2.75) is 18.9 Å². The number of hydrogen-bond acceptors (Lipinski definition) is 3.